The lowest BCUT2D eigenvalue weighted by atomic mass is 10.2. The number of rotatable bonds is 5. The molecule has 0 bridgehead atoms. The molecule has 2 rings (SSSR count). The third kappa shape index (κ3) is 4.53. The van der Waals surface area contributed by atoms with Gasteiger partial charge in [-0.2, -0.15) is 4.31 Å². The maximum Gasteiger partial charge on any atom is 0.243 e. The van der Waals surface area contributed by atoms with Crippen LogP contribution in [0.4, 0.5) is 0 Å². The summed E-state index contributed by atoms with van der Waals surface area (Å²) in [5, 5.41) is 2.78. The van der Waals surface area contributed by atoms with E-state index in [0.717, 1.165) is 30.8 Å². The van der Waals surface area contributed by atoms with Crippen LogP contribution in [0.25, 0.3) is 0 Å². The van der Waals surface area contributed by atoms with Crippen LogP contribution in [0.3, 0.4) is 0 Å². The molecule has 2 N–H and O–H groups in total. The highest BCUT2D eigenvalue weighted by Crippen LogP contribution is 2.20. The lowest BCUT2D eigenvalue weighted by Gasteiger charge is -2.31. The average molecular weight is 340 g/mol. The smallest absolute Gasteiger partial charge is 0.243 e. The van der Waals surface area contributed by atoms with Crippen molar-refractivity contribution in [1.29, 1.82) is 0 Å². The first-order valence-corrected chi connectivity index (χ1v) is 9.40. The normalized spacial score (nSPS) is 17.2. The van der Waals surface area contributed by atoms with E-state index in [-0.39, 0.29) is 5.91 Å². The van der Waals surface area contributed by atoms with Gasteiger partial charge in [0.1, 0.15) is 0 Å². The highest BCUT2D eigenvalue weighted by molar-refractivity contribution is 7.89. The van der Waals surface area contributed by atoms with E-state index in [1.165, 1.54) is 11.8 Å². The Morgan fingerprint density at radius 3 is 2.48 bits per heavy atom. The number of carbonyl (C=O) groups is 1. The fourth-order valence-electron chi connectivity index (χ4n) is 2.94. The Morgan fingerprint density at radius 2 is 1.91 bits per heavy atom. The number of nitrogens with zero attached hydrogens (tertiary/aromatic N) is 1. The summed E-state index contributed by atoms with van der Waals surface area (Å²) in [6.45, 7) is 9.34. The van der Waals surface area contributed by atoms with Gasteiger partial charge >= 0.3 is 0 Å². The predicted molar refractivity (Wildman–Crippen MR) is 88.9 cm³/mol. The van der Waals surface area contributed by atoms with Gasteiger partial charge in [-0.3, -0.25) is 4.79 Å². The Morgan fingerprint density at radius 1 is 1.26 bits per heavy atom. The van der Waals surface area contributed by atoms with Gasteiger partial charge in [-0.25, -0.2) is 8.42 Å². The monoisotopic (exact) mass is 340 g/mol. The molecule has 128 valence electrons. The zero-order valence-electron chi connectivity index (χ0n) is 14.1. The van der Waals surface area contributed by atoms with Gasteiger partial charge < -0.3 is 10.2 Å². The zero-order chi connectivity index (χ0) is 17.0. The minimum atomic E-state index is -3.42. The summed E-state index contributed by atoms with van der Waals surface area (Å²) in [5.74, 6) is -0.0274. The standard InChI is InChI=1S/C16H25N3O3S/c1-13-4-5-16(14(2)12-13)23(21,22)19-10-8-18(9-11-19)7-6-17-15(3)20/h4-5,12H,6-11H2,1-3H3,(H,17,20)/p+1. The van der Waals surface area contributed by atoms with Crippen molar-refractivity contribution in [3.05, 3.63) is 29.3 Å². The minimum Gasteiger partial charge on any atom is -0.351 e. The molecule has 1 aliphatic heterocycles. The van der Waals surface area contributed by atoms with Gasteiger partial charge in [-0.15, -0.1) is 0 Å². The summed E-state index contributed by atoms with van der Waals surface area (Å²) >= 11 is 0. The van der Waals surface area contributed by atoms with Crippen LogP contribution in [-0.4, -0.2) is 57.9 Å². The zero-order valence-corrected chi connectivity index (χ0v) is 14.9. The number of carbonyl (C=O) groups excluding carboxylic acids is 1. The first kappa shape index (κ1) is 17.9. The molecule has 0 saturated carbocycles. The van der Waals surface area contributed by atoms with Gasteiger partial charge in [0.25, 0.3) is 0 Å². The Balaban J connectivity index is 1.97. The molecule has 0 radical (unpaired) electrons. The van der Waals surface area contributed by atoms with Gasteiger partial charge in [0.2, 0.25) is 15.9 Å². The van der Waals surface area contributed by atoms with Crippen molar-refractivity contribution in [2.45, 2.75) is 25.7 Å². The van der Waals surface area contributed by atoms with E-state index >= 15 is 0 Å². The first-order chi connectivity index (χ1) is 10.8. The molecule has 1 aromatic carbocycles. The van der Waals surface area contributed by atoms with E-state index in [4.69, 9.17) is 0 Å². The Labute approximate surface area is 138 Å². The van der Waals surface area contributed by atoms with E-state index < -0.39 is 10.0 Å². The fourth-order valence-corrected chi connectivity index (χ4v) is 4.58. The van der Waals surface area contributed by atoms with E-state index in [1.807, 2.05) is 26.0 Å². The number of sulfonamides is 1. The second-order valence-corrected chi connectivity index (χ2v) is 8.06. The Bertz CT molecular complexity index is 665. The maximum absolute atomic E-state index is 12.8. The van der Waals surface area contributed by atoms with Crippen LogP contribution < -0.4 is 10.2 Å². The third-order valence-corrected chi connectivity index (χ3v) is 6.29. The van der Waals surface area contributed by atoms with Crippen LogP contribution in [0.15, 0.2) is 23.1 Å². The molecule has 6 nitrogen and oxygen atoms in total. The number of hydrogen-bond acceptors (Lipinski definition) is 3. The molecule has 1 amide bonds. The van der Waals surface area contributed by atoms with Gasteiger partial charge in [0.05, 0.1) is 44.2 Å². The summed E-state index contributed by atoms with van der Waals surface area (Å²) in [6.07, 6.45) is 0. The van der Waals surface area contributed by atoms with Gasteiger partial charge in [-0.05, 0) is 25.5 Å². The first-order valence-electron chi connectivity index (χ1n) is 7.96. The number of benzene rings is 1. The van der Waals surface area contributed by atoms with E-state index in [1.54, 1.807) is 10.4 Å². The quantitative estimate of drug-likeness (QED) is 0.747. The molecule has 0 unspecified atom stereocenters. The number of hydrogen-bond donors (Lipinski definition) is 2. The van der Waals surface area contributed by atoms with Crippen LogP contribution in [-0.2, 0) is 14.8 Å². The van der Waals surface area contributed by atoms with Crippen LogP contribution in [0.1, 0.15) is 18.1 Å². The predicted octanol–water partition coefficient (Wildman–Crippen LogP) is -0.671. The molecule has 23 heavy (non-hydrogen) atoms. The van der Waals surface area contributed by atoms with Gasteiger partial charge in [-0.1, -0.05) is 17.7 Å². The van der Waals surface area contributed by atoms with Crippen molar-refractivity contribution in [3.8, 4) is 0 Å². The summed E-state index contributed by atoms with van der Waals surface area (Å²) < 4.78 is 27.2. The molecule has 1 heterocycles. The summed E-state index contributed by atoms with van der Waals surface area (Å²) in [4.78, 5) is 12.6. The van der Waals surface area contributed by atoms with Crippen molar-refractivity contribution in [3.63, 3.8) is 0 Å². The molecule has 0 aromatic heterocycles. The molecule has 0 aliphatic carbocycles. The van der Waals surface area contributed by atoms with Crippen molar-refractivity contribution in [2.75, 3.05) is 39.3 Å². The summed E-state index contributed by atoms with van der Waals surface area (Å²) in [6, 6.07) is 5.45. The molecular weight excluding hydrogens is 314 g/mol. The molecule has 7 heteroatoms. The van der Waals surface area contributed by atoms with Crippen molar-refractivity contribution in [2.24, 2.45) is 0 Å². The van der Waals surface area contributed by atoms with Crippen LogP contribution in [0.2, 0.25) is 0 Å². The van der Waals surface area contributed by atoms with Crippen molar-refractivity contribution in [1.82, 2.24) is 9.62 Å². The molecule has 0 spiro atoms. The average Bonchev–Trinajstić information content (AvgIpc) is 2.47. The van der Waals surface area contributed by atoms with E-state index in [2.05, 4.69) is 5.32 Å². The van der Waals surface area contributed by atoms with Crippen molar-refractivity contribution < 1.29 is 18.1 Å². The molecular formula is C16H26N3O3S+. The molecule has 1 aromatic rings. The Hall–Kier alpha value is -1.44. The molecule has 1 fully saturated rings. The lowest BCUT2D eigenvalue weighted by molar-refractivity contribution is -0.902. The van der Waals surface area contributed by atoms with E-state index in [0.29, 0.717) is 24.5 Å². The lowest BCUT2D eigenvalue weighted by Crippen LogP contribution is -3.15. The number of aryl methyl sites for hydroxylation is 2. The highest BCUT2D eigenvalue weighted by Gasteiger charge is 2.31. The topological polar surface area (TPSA) is 70.9 Å². The molecule has 1 saturated heterocycles. The van der Waals surface area contributed by atoms with Crippen LogP contribution in [0.5, 0.6) is 0 Å². The van der Waals surface area contributed by atoms with Gasteiger partial charge in [0.15, 0.2) is 0 Å². The summed E-state index contributed by atoms with van der Waals surface area (Å²) in [7, 11) is -3.42. The number of piperazine rings is 1. The van der Waals surface area contributed by atoms with Crippen LogP contribution in [0, 0.1) is 13.8 Å². The van der Waals surface area contributed by atoms with Gasteiger partial charge in [0, 0.05) is 6.92 Å². The highest BCUT2D eigenvalue weighted by atomic mass is 32.2. The SMILES string of the molecule is CC(=O)NCC[NH+]1CCN(S(=O)(=O)c2ccc(C)cc2C)CC1. The number of quaternary nitrogens is 1. The second-order valence-electron chi connectivity index (χ2n) is 6.16. The number of amides is 1. The third-order valence-electron chi connectivity index (χ3n) is 4.23. The number of nitrogens with one attached hydrogen (secondary N) is 2. The van der Waals surface area contributed by atoms with Crippen molar-refractivity contribution >= 4 is 15.9 Å². The second kappa shape index (κ2) is 7.42. The molecule has 0 atom stereocenters. The maximum atomic E-state index is 12.8. The fraction of sp³-hybridized carbons (Fsp3) is 0.562. The molecule has 1 aliphatic rings. The Kier molecular flexibility index (Phi) is 5.78. The summed E-state index contributed by atoms with van der Waals surface area (Å²) in [5.41, 5.74) is 1.86. The van der Waals surface area contributed by atoms with E-state index in [9.17, 15) is 13.2 Å². The minimum absolute atomic E-state index is 0.0274. The largest absolute Gasteiger partial charge is 0.351 e. The van der Waals surface area contributed by atoms with Crippen LogP contribution >= 0.6 is 0 Å².